The molecule has 5 nitrogen and oxygen atoms in total. The first-order valence-corrected chi connectivity index (χ1v) is 6.16. The molecular weight excluding hydrogens is 230 g/mol. The van der Waals surface area contributed by atoms with Gasteiger partial charge in [0, 0.05) is 39.4 Å². The average molecular weight is 249 g/mol. The van der Waals surface area contributed by atoms with Crippen LogP contribution in [-0.2, 0) is 4.74 Å². The molecule has 1 unspecified atom stereocenters. The molecule has 1 aliphatic rings. The summed E-state index contributed by atoms with van der Waals surface area (Å²) in [6.45, 7) is 2.31. The molecule has 0 spiro atoms. The molecule has 0 bridgehead atoms. The van der Waals surface area contributed by atoms with Crippen molar-refractivity contribution in [2.24, 2.45) is 5.92 Å². The van der Waals surface area contributed by atoms with Gasteiger partial charge in [-0.05, 0) is 18.6 Å². The number of hydrogen-bond acceptors (Lipinski definition) is 4. The first kappa shape index (κ1) is 12.8. The number of ether oxygens (including phenoxy) is 1. The topological polar surface area (TPSA) is 54.5 Å². The van der Waals surface area contributed by atoms with E-state index in [4.69, 9.17) is 4.74 Å². The van der Waals surface area contributed by atoms with Crippen LogP contribution in [0.2, 0.25) is 0 Å². The second-order valence-corrected chi connectivity index (χ2v) is 4.54. The molecule has 1 N–H and O–H groups in total. The predicted octanol–water partition coefficient (Wildman–Crippen LogP) is 1.23. The van der Waals surface area contributed by atoms with E-state index in [0.717, 1.165) is 31.9 Å². The highest BCUT2D eigenvalue weighted by Crippen LogP contribution is 2.19. The maximum Gasteiger partial charge on any atom is 0.255 e. The maximum absolute atomic E-state index is 12.2. The van der Waals surface area contributed by atoms with Crippen LogP contribution in [0.4, 0.5) is 5.82 Å². The number of methoxy groups -OCH3 is 1. The summed E-state index contributed by atoms with van der Waals surface area (Å²) in [4.78, 5) is 18.3. The molecule has 1 atom stereocenters. The number of carbonyl (C=O) groups is 1. The molecule has 2 rings (SSSR count). The zero-order valence-electron chi connectivity index (χ0n) is 10.8. The van der Waals surface area contributed by atoms with E-state index < -0.39 is 0 Å². The fourth-order valence-electron chi connectivity index (χ4n) is 2.24. The second-order valence-electron chi connectivity index (χ2n) is 4.54. The molecule has 1 aliphatic heterocycles. The minimum atomic E-state index is 0.0590. The van der Waals surface area contributed by atoms with E-state index in [1.807, 2.05) is 17.0 Å². The van der Waals surface area contributed by atoms with Gasteiger partial charge in [-0.1, -0.05) is 0 Å². The molecule has 5 heteroatoms. The van der Waals surface area contributed by atoms with Gasteiger partial charge in [0.25, 0.3) is 5.91 Å². The van der Waals surface area contributed by atoms with Gasteiger partial charge in [-0.3, -0.25) is 4.79 Å². The summed E-state index contributed by atoms with van der Waals surface area (Å²) in [6, 6.07) is 3.63. The molecule has 1 amide bonds. The van der Waals surface area contributed by atoms with Crippen LogP contribution in [0.25, 0.3) is 0 Å². The first-order valence-electron chi connectivity index (χ1n) is 6.16. The van der Waals surface area contributed by atoms with Crippen molar-refractivity contribution in [2.45, 2.75) is 6.42 Å². The van der Waals surface area contributed by atoms with Gasteiger partial charge in [0.05, 0.1) is 12.2 Å². The van der Waals surface area contributed by atoms with Crippen molar-refractivity contribution in [1.29, 1.82) is 0 Å². The summed E-state index contributed by atoms with van der Waals surface area (Å²) in [5.41, 5.74) is 0.645. The van der Waals surface area contributed by atoms with E-state index in [0.29, 0.717) is 11.5 Å². The average Bonchev–Trinajstić information content (AvgIpc) is 2.87. The molecule has 1 aromatic heterocycles. The summed E-state index contributed by atoms with van der Waals surface area (Å²) in [7, 11) is 3.50. The second kappa shape index (κ2) is 5.82. The van der Waals surface area contributed by atoms with E-state index in [9.17, 15) is 4.79 Å². The van der Waals surface area contributed by atoms with E-state index >= 15 is 0 Å². The largest absolute Gasteiger partial charge is 0.384 e. The number of aromatic nitrogens is 1. The highest BCUT2D eigenvalue weighted by atomic mass is 16.5. The maximum atomic E-state index is 12.2. The normalized spacial score (nSPS) is 19.0. The van der Waals surface area contributed by atoms with Gasteiger partial charge in [-0.2, -0.15) is 0 Å². The minimum absolute atomic E-state index is 0.0590. The summed E-state index contributed by atoms with van der Waals surface area (Å²) < 4.78 is 5.13. The molecule has 98 valence electrons. The van der Waals surface area contributed by atoms with Gasteiger partial charge in [-0.25, -0.2) is 4.98 Å². The van der Waals surface area contributed by atoms with Crippen LogP contribution in [0.1, 0.15) is 16.8 Å². The van der Waals surface area contributed by atoms with Gasteiger partial charge in [0.15, 0.2) is 0 Å². The summed E-state index contributed by atoms with van der Waals surface area (Å²) >= 11 is 0. The number of nitrogens with one attached hydrogen (secondary N) is 1. The van der Waals surface area contributed by atoms with Gasteiger partial charge in [0.1, 0.15) is 5.82 Å². The van der Waals surface area contributed by atoms with E-state index in [2.05, 4.69) is 10.3 Å². The number of anilines is 1. The first-order chi connectivity index (χ1) is 8.74. The summed E-state index contributed by atoms with van der Waals surface area (Å²) in [5.74, 6) is 1.29. The van der Waals surface area contributed by atoms with Crippen LogP contribution in [0.3, 0.4) is 0 Å². The van der Waals surface area contributed by atoms with Crippen molar-refractivity contribution in [1.82, 2.24) is 9.88 Å². The van der Waals surface area contributed by atoms with Crippen LogP contribution in [0, 0.1) is 5.92 Å². The zero-order chi connectivity index (χ0) is 13.0. The number of pyridine rings is 1. The van der Waals surface area contributed by atoms with Crippen molar-refractivity contribution >= 4 is 11.7 Å². The number of nitrogens with zero attached hydrogens (tertiary/aromatic N) is 2. The molecule has 1 saturated heterocycles. The van der Waals surface area contributed by atoms with E-state index in [1.165, 1.54) is 0 Å². The molecular formula is C13H19N3O2. The Morgan fingerprint density at radius 3 is 3.06 bits per heavy atom. The lowest BCUT2D eigenvalue weighted by molar-refractivity contribution is 0.0775. The summed E-state index contributed by atoms with van der Waals surface area (Å²) in [5, 5.41) is 2.93. The molecule has 2 heterocycles. The minimum Gasteiger partial charge on any atom is -0.384 e. The fraction of sp³-hybridized carbons (Fsp3) is 0.538. The van der Waals surface area contributed by atoms with Crippen LogP contribution in [-0.4, -0.2) is 49.6 Å². The lowest BCUT2D eigenvalue weighted by Gasteiger charge is -2.16. The Bertz CT molecular complexity index is 405. The fourth-order valence-corrected chi connectivity index (χ4v) is 2.24. The number of carbonyl (C=O) groups excluding carboxylic acids is 1. The van der Waals surface area contributed by atoms with Gasteiger partial charge >= 0.3 is 0 Å². The van der Waals surface area contributed by atoms with Crippen molar-refractivity contribution in [2.75, 3.05) is 39.2 Å². The van der Waals surface area contributed by atoms with Gasteiger partial charge in [-0.15, -0.1) is 0 Å². The van der Waals surface area contributed by atoms with Crippen LogP contribution >= 0.6 is 0 Å². The standard InChI is InChI=1S/C13H19N3O2/c1-14-12-4-3-11(7-15-12)13(17)16-6-5-10(8-16)9-18-2/h3-4,7,10H,5-6,8-9H2,1-2H3,(H,14,15). The monoisotopic (exact) mass is 249 g/mol. The Balaban J connectivity index is 1.98. The van der Waals surface area contributed by atoms with Crippen LogP contribution in [0.5, 0.6) is 0 Å². The SMILES string of the molecule is CNc1ccc(C(=O)N2CCC(COC)C2)cn1. The number of amides is 1. The molecule has 0 saturated carbocycles. The zero-order valence-corrected chi connectivity index (χ0v) is 10.8. The molecule has 0 radical (unpaired) electrons. The van der Waals surface area contributed by atoms with E-state index in [1.54, 1.807) is 20.4 Å². The molecule has 18 heavy (non-hydrogen) atoms. The van der Waals surface area contributed by atoms with Crippen molar-refractivity contribution in [3.8, 4) is 0 Å². The van der Waals surface area contributed by atoms with Crippen LogP contribution in [0.15, 0.2) is 18.3 Å². The third kappa shape index (κ3) is 2.79. The van der Waals surface area contributed by atoms with Crippen molar-refractivity contribution in [3.63, 3.8) is 0 Å². The lowest BCUT2D eigenvalue weighted by Crippen LogP contribution is -2.29. The third-order valence-corrected chi connectivity index (χ3v) is 3.24. The summed E-state index contributed by atoms with van der Waals surface area (Å²) in [6.07, 6.45) is 2.64. The quantitative estimate of drug-likeness (QED) is 0.872. The Morgan fingerprint density at radius 1 is 1.61 bits per heavy atom. The highest BCUT2D eigenvalue weighted by molar-refractivity contribution is 5.94. The molecule has 0 aliphatic carbocycles. The Kier molecular flexibility index (Phi) is 4.15. The third-order valence-electron chi connectivity index (χ3n) is 3.24. The highest BCUT2D eigenvalue weighted by Gasteiger charge is 2.26. The van der Waals surface area contributed by atoms with Gasteiger partial charge < -0.3 is 15.0 Å². The van der Waals surface area contributed by atoms with Gasteiger partial charge in [0.2, 0.25) is 0 Å². The lowest BCUT2D eigenvalue weighted by atomic mass is 10.1. The number of hydrogen-bond donors (Lipinski definition) is 1. The van der Waals surface area contributed by atoms with Crippen LogP contribution < -0.4 is 5.32 Å². The molecule has 1 aromatic rings. The Labute approximate surface area is 107 Å². The number of likely N-dealkylation sites (tertiary alicyclic amines) is 1. The number of rotatable bonds is 4. The Hall–Kier alpha value is -1.62. The van der Waals surface area contributed by atoms with Crippen molar-refractivity contribution in [3.05, 3.63) is 23.9 Å². The van der Waals surface area contributed by atoms with E-state index in [-0.39, 0.29) is 5.91 Å². The smallest absolute Gasteiger partial charge is 0.255 e. The Morgan fingerprint density at radius 2 is 2.44 bits per heavy atom. The van der Waals surface area contributed by atoms with Crippen molar-refractivity contribution < 1.29 is 9.53 Å². The predicted molar refractivity (Wildman–Crippen MR) is 69.7 cm³/mol. The molecule has 0 aromatic carbocycles. The molecule has 1 fully saturated rings.